The molecule has 29 heavy (non-hydrogen) atoms. The summed E-state index contributed by atoms with van der Waals surface area (Å²) in [5.74, 6) is 0.647. The van der Waals surface area contributed by atoms with E-state index in [0.29, 0.717) is 52.9 Å². The number of pyridine rings is 1. The third kappa shape index (κ3) is 4.47. The number of aryl methyl sites for hydroxylation is 1. The quantitative estimate of drug-likeness (QED) is 0.618. The van der Waals surface area contributed by atoms with Gasteiger partial charge >= 0.3 is 0 Å². The van der Waals surface area contributed by atoms with Gasteiger partial charge in [-0.3, -0.25) is 4.79 Å². The number of anilines is 3. The highest BCUT2D eigenvalue weighted by molar-refractivity contribution is 7.14. The van der Waals surface area contributed by atoms with Gasteiger partial charge in [-0.15, -0.1) is 11.3 Å². The first kappa shape index (κ1) is 19.9. The number of nitrogens with zero attached hydrogens (tertiary/aromatic N) is 4. The summed E-state index contributed by atoms with van der Waals surface area (Å²) < 4.78 is 0. The van der Waals surface area contributed by atoms with E-state index in [1.54, 1.807) is 11.4 Å². The second-order valence-electron chi connectivity index (χ2n) is 6.68. The van der Waals surface area contributed by atoms with E-state index >= 15 is 0 Å². The molecule has 1 N–H and O–H groups in total. The van der Waals surface area contributed by atoms with Gasteiger partial charge in [0, 0.05) is 37.3 Å². The molecule has 4 rings (SSSR count). The maximum atomic E-state index is 12.8. The predicted octanol–water partition coefficient (Wildman–Crippen LogP) is 4.86. The van der Waals surface area contributed by atoms with Gasteiger partial charge in [-0.2, -0.15) is 0 Å². The minimum atomic E-state index is -0.0663. The van der Waals surface area contributed by atoms with Crippen LogP contribution >= 0.6 is 34.5 Å². The number of carbonyl (C=O) groups excluding carboxylic acids is 1. The summed E-state index contributed by atoms with van der Waals surface area (Å²) >= 11 is 13.8. The maximum Gasteiger partial charge on any atom is 0.273 e. The van der Waals surface area contributed by atoms with Gasteiger partial charge in [0.1, 0.15) is 11.5 Å². The summed E-state index contributed by atoms with van der Waals surface area (Å²) in [4.78, 5) is 25.6. The van der Waals surface area contributed by atoms with Gasteiger partial charge in [0.05, 0.1) is 15.7 Å². The van der Waals surface area contributed by atoms with Gasteiger partial charge in [0.25, 0.3) is 5.91 Å². The van der Waals surface area contributed by atoms with Crippen molar-refractivity contribution in [2.45, 2.75) is 6.92 Å². The highest BCUT2D eigenvalue weighted by Crippen LogP contribution is 2.33. The van der Waals surface area contributed by atoms with Crippen LogP contribution in [0.25, 0.3) is 0 Å². The topological polar surface area (TPSA) is 61.4 Å². The standard InChI is InChI=1S/C20H19Cl2N5OS/c1-13-4-2-7-17(23-13)25-20-24-15(12-29-20)19(28)27-10-8-26(9-11-27)16-6-3-5-14(21)18(16)22/h2-7,12H,8-11H2,1H3,(H,23,24,25). The van der Waals surface area contributed by atoms with E-state index in [-0.39, 0.29) is 5.91 Å². The monoisotopic (exact) mass is 447 g/mol. The molecule has 0 atom stereocenters. The number of carbonyl (C=O) groups is 1. The molecule has 1 fully saturated rings. The third-order valence-corrected chi connectivity index (χ3v) is 6.25. The van der Waals surface area contributed by atoms with Crippen LogP contribution in [0.4, 0.5) is 16.6 Å². The summed E-state index contributed by atoms with van der Waals surface area (Å²) in [5.41, 5.74) is 2.26. The number of hydrogen-bond acceptors (Lipinski definition) is 6. The molecular formula is C20H19Cl2N5OS. The Hall–Kier alpha value is -2.35. The van der Waals surface area contributed by atoms with Crippen LogP contribution in [-0.2, 0) is 0 Å². The van der Waals surface area contributed by atoms with Gasteiger partial charge in [-0.1, -0.05) is 35.3 Å². The van der Waals surface area contributed by atoms with Crippen molar-refractivity contribution < 1.29 is 4.79 Å². The van der Waals surface area contributed by atoms with Crippen molar-refractivity contribution >= 4 is 57.1 Å². The van der Waals surface area contributed by atoms with Crippen molar-refractivity contribution in [3.05, 3.63) is 63.2 Å². The predicted molar refractivity (Wildman–Crippen MR) is 119 cm³/mol. The number of thiazole rings is 1. The molecule has 0 spiro atoms. The van der Waals surface area contributed by atoms with Crippen LogP contribution in [0.2, 0.25) is 10.0 Å². The first-order chi connectivity index (χ1) is 14.0. The SMILES string of the molecule is Cc1cccc(Nc2nc(C(=O)N3CCN(c4cccc(Cl)c4Cl)CC3)cs2)n1. The molecular weight excluding hydrogens is 429 g/mol. The number of hydrogen-bond donors (Lipinski definition) is 1. The van der Waals surface area contributed by atoms with Crippen LogP contribution in [0.15, 0.2) is 41.8 Å². The normalized spacial score (nSPS) is 14.2. The summed E-state index contributed by atoms with van der Waals surface area (Å²) in [6, 6.07) is 11.3. The number of halogens is 2. The Morgan fingerprint density at radius 3 is 2.59 bits per heavy atom. The van der Waals surface area contributed by atoms with Crippen LogP contribution in [0, 0.1) is 6.92 Å². The van der Waals surface area contributed by atoms with E-state index in [9.17, 15) is 4.79 Å². The van der Waals surface area contributed by atoms with Gasteiger partial charge in [-0.25, -0.2) is 9.97 Å². The Labute approximate surface area is 183 Å². The molecule has 150 valence electrons. The van der Waals surface area contributed by atoms with Gasteiger partial charge in [0.2, 0.25) is 0 Å². The Kier molecular flexibility index (Phi) is 5.89. The fourth-order valence-electron chi connectivity index (χ4n) is 3.20. The number of amides is 1. The fraction of sp³-hybridized carbons (Fsp3) is 0.250. The largest absolute Gasteiger partial charge is 0.367 e. The second kappa shape index (κ2) is 8.57. The van der Waals surface area contributed by atoms with Crippen LogP contribution < -0.4 is 10.2 Å². The lowest BCUT2D eigenvalue weighted by Crippen LogP contribution is -2.49. The van der Waals surface area contributed by atoms with Crippen molar-refractivity contribution in [3.8, 4) is 0 Å². The Morgan fingerprint density at radius 2 is 1.83 bits per heavy atom. The van der Waals surface area contributed by atoms with Crippen molar-refractivity contribution in [2.75, 3.05) is 36.4 Å². The molecule has 1 aliphatic heterocycles. The average molecular weight is 448 g/mol. The number of nitrogens with one attached hydrogen (secondary N) is 1. The lowest BCUT2D eigenvalue weighted by molar-refractivity contribution is 0.0742. The van der Waals surface area contributed by atoms with Crippen LogP contribution in [0.5, 0.6) is 0 Å². The van der Waals surface area contributed by atoms with Gasteiger partial charge in [0.15, 0.2) is 5.13 Å². The van der Waals surface area contributed by atoms with E-state index in [1.807, 2.05) is 42.2 Å². The second-order valence-corrected chi connectivity index (χ2v) is 8.32. The summed E-state index contributed by atoms with van der Waals surface area (Å²) in [5, 5.41) is 6.67. The minimum Gasteiger partial charge on any atom is -0.367 e. The molecule has 1 saturated heterocycles. The smallest absolute Gasteiger partial charge is 0.273 e. The Bertz CT molecular complexity index is 1030. The first-order valence-electron chi connectivity index (χ1n) is 9.16. The molecule has 0 unspecified atom stereocenters. The summed E-state index contributed by atoms with van der Waals surface area (Å²) in [7, 11) is 0. The van der Waals surface area contributed by atoms with E-state index in [2.05, 4.69) is 20.2 Å². The first-order valence-corrected chi connectivity index (χ1v) is 10.8. The third-order valence-electron chi connectivity index (χ3n) is 4.69. The van der Waals surface area contributed by atoms with E-state index in [4.69, 9.17) is 23.2 Å². The number of aromatic nitrogens is 2. The molecule has 0 radical (unpaired) electrons. The molecule has 1 aromatic carbocycles. The summed E-state index contributed by atoms with van der Waals surface area (Å²) in [6.45, 7) is 4.50. The Morgan fingerprint density at radius 1 is 1.07 bits per heavy atom. The molecule has 1 aliphatic rings. The van der Waals surface area contributed by atoms with E-state index in [0.717, 1.165) is 11.4 Å². The lowest BCUT2D eigenvalue weighted by Gasteiger charge is -2.36. The summed E-state index contributed by atoms with van der Waals surface area (Å²) in [6.07, 6.45) is 0. The van der Waals surface area contributed by atoms with E-state index < -0.39 is 0 Å². The molecule has 3 aromatic rings. The zero-order valence-electron chi connectivity index (χ0n) is 15.7. The molecule has 3 heterocycles. The van der Waals surface area contributed by atoms with Crippen molar-refractivity contribution in [1.82, 2.24) is 14.9 Å². The molecule has 0 bridgehead atoms. The number of rotatable bonds is 4. The number of benzene rings is 1. The van der Waals surface area contributed by atoms with Crippen LogP contribution in [0.3, 0.4) is 0 Å². The van der Waals surface area contributed by atoms with Gasteiger partial charge < -0.3 is 15.1 Å². The molecule has 1 amide bonds. The number of piperazine rings is 1. The molecule has 9 heteroatoms. The Balaban J connectivity index is 1.39. The van der Waals surface area contributed by atoms with Crippen LogP contribution in [-0.4, -0.2) is 47.0 Å². The molecule has 0 aliphatic carbocycles. The van der Waals surface area contributed by atoms with E-state index in [1.165, 1.54) is 11.3 Å². The highest BCUT2D eigenvalue weighted by atomic mass is 35.5. The average Bonchev–Trinajstić information content (AvgIpc) is 3.18. The maximum absolute atomic E-state index is 12.8. The van der Waals surface area contributed by atoms with Gasteiger partial charge in [-0.05, 0) is 31.2 Å². The molecule has 0 saturated carbocycles. The van der Waals surface area contributed by atoms with Crippen LogP contribution in [0.1, 0.15) is 16.2 Å². The van der Waals surface area contributed by atoms with Crippen molar-refractivity contribution in [1.29, 1.82) is 0 Å². The fourth-order valence-corrected chi connectivity index (χ4v) is 4.31. The molecule has 2 aromatic heterocycles. The zero-order chi connectivity index (χ0) is 20.4. The minimum absolute atomic E-state index is 0.0663. The van der Waals surface area contributed by atoms with Crippen molar-refractivity contribution in [2.24, 2.45) is 0 Å². The molecule has 6 nitrogen and oxygen atoms in total. The zero-order valence-corrected chi connectivity index (χ0v) is 18.1. The lowest BCUT2D eigenvalue weighted by atomic mass is 10.2. The highest BCUT2D eigenvalue weighted by Gasteiger charge is 2.25. The van der Waals surface area contributed by atoms with Crippen molar-refractivity contribution in [3.63, 3.8) is 0 Å².